The third-order valence-electron chi connectivity index (χ3n) is 3.98. The number of pyridine rings is 1. The molecule has 0 unspecified atom stereocenters. The first-order valence-electron chi connectivity index (χ1n) is 8.19. The molecular weight excluding hydrogens is 321 g/mol. The summed E-state index contributed by atoms with van der Waals surface area (Å²) in [4.78, 5) is 25.3. The van der Waals surface area contributed by atoms with Crippen LogP contribution >= 0.6 is 0 Å². The second kappa shape index (κ2) is 7.30. The van der Waals surface area contributed by atoms with Gasteiger partial charge in [-0.25, -0.2) is 9.18 Å². The van der Waals surface area contributed by atoms with Gasteiger partial charge in [-0.05, 0) is 36.8 Å². The van der Waals surface area contributed by atoms with Gasteiger partial charge < -0.3 is 4.74 Å². The highest BCUT2D eigenvalue weighted by atomic mass is 19.1. The standard InChI is InChI=1S/C20H18FNO3/c1-2-3-12-25-20(24)18-13-22(15-10-8-14(21)9-11-15)19(23)17-7-5-4-6-16(17)18/h4-11,13H,2-3,12H2,1H3. The number of hydrogen-bond donors (Lipinski definition) is 0. The normalized spacial score (nSPS) is 10.8. The van der Waals surface area contributed by atoms with Crippen molar-refractivity contribution < 1.29 is 13.9 Å². The monoisotopic (exact) mass is 339 g/mol. The maximum absolute atomic E-state index is 13.2. The number of benzene rings is 2. The van der Waals surface area contributed by atoms with E-state index in [9.17, 15) is 14.0 Å². The van der Waals surface area contributed by atoms with Crippen molar-refractivity contribution in [2.45, 2.75) is 19.8 Å². The van der Waals surface area contributed by atoms with E-state index in [2.05, 4.69) is 0 Å². The van der Waals surface area contributed by atoms with Crippen LogP contribution < -0.4 is 5.56 Å². The SMILES string of the molecule is CCCCOC(=O)c1cn(-c2ccc(F)cc2)c(=O)c2ccccc12. The van der Waals surface area contributed by atoms with E-state index in [0.717, 1.165) is 12.8 Å². The van der Waals surface area contributed by atoms with Gasteiger partial charge in [0.05, 0.1) is 12.2 Å². The van der Waals surface area contributed by atoms with Gasteiger partial charge in [-0.15, -0.1) is 0 Å². The molecule has 0 aliphatic carbocycles. The van der Waals surface area contributed by atoms with Crippen LogP contribution in [-0.4, -0.2) is 17.1 Å². The van der Waals surface area contributed by atoms with Crippen LogP contribution in [0.2, 0.25) is 0 Å². The van der Waals surface area contributed by atoms with Gasteiger partial charge in [-0.1, -0.05) is 31.5 Å². The molecule has 0 amide bonds. The number of esters is 1. The fraction of sp³-hybridized carbons (Fsp3) is 0.200. The molecule has 0 spiro atoms. The molecule has 0 aliphatic heterocycles. The van der Waals surface area contributed by atoms with E-state index in [0.29, 0.717) is 28.6 Å². The molecule has 1 aromatic heterocycles. The molecule has 3 rings (SSSR count). The van der Waals surface area contributed by atoms with Gasteiger partial charge in [0, 0.05) is 22.7 Å². The summed E-state index contributed by atoms with van der Waals surface area (Å²) in [5.41, 5.74) is 0.530. The number of carbonyl (C=O) groups excluding carboxylic acids is 1. The molecule has 0 radical (unpaired) electrons. The van der Waals surface area contributed by atoms with E-state index >= 15 is 0 Å². The molecule has 2 aromatic carbocycles. The summed E-state index contributed by atoms with van der Waals surface area (Å²) >= 11 is 0. The lowest BCUT2D eigenvalue weighted by Crippen LogP contribution is -2.21. The van der Waals surface area contributed by atoms with Gasteiger partial charge in [0.1, 0.15) is 5.82 Å². The number of aromatic nitrogens is 1. The molecule has 0 saturated carbocycles. The largest absolute Gasteiger partial charge is 0.462 e. The van der Waals surface area contributed by atoms with Crippen molar-refractivity contribution in [2.75, 3.05) is 6.61 Å². The maximum Gasteiger partial charge on any atom is 0.340 e. The minimum atomic E-state index is -0.472. The quantitative estimate of drug-likeness (QED) is 0.520. The Morgan fingerprint density at radius 2 is 1.76 bits per heavy atom. The molecule has 0 atom stereocenters. The second-order valence-electron chi connectivity index (χ2n) is 5.73. The highest BCUT2D eigenvalue weighted by molar-refractivity contribution is 6.04. The molecule has 0 N–H and O–H groups in total. The van der Waals surface area contributed by atoms with Crippen LogP contribution in [0.15, 0.2) is 59.5 Å². The molecule has 128 valence electrons. The Balaban J connectivity index is 2.15. The summed E-state index contributed by atoms with van der Waals surface area (Å²) in [6.07, 6.45) is 3.16. The van der Waals surface area contributed by atoms with Gasteiger partial charge in [0.15, 0.2) is 0 Å². The number of rotatable bonds is 5. The zero-order chi connectivity index (χ0) is 17.8. The Bertz CT molecular complexity index is 961. The van der Waals surface area contributed by atoms with Crippen molar-refractivity contribution in [3.8, 4) is 5.69 Å². The molecule has 3 aromatic rings. The average molecular weight is 339 g/mol. The summed E-state index contributed by atoms with van der Waals surface area (Å²) < 4.78 is 19.8. The summed E-state index contributed by atoms with van der Waals surface area (Å²) in [7, 11) is 0. The number of nitrogens with zero attached hydrogens (tertiary/aromatic N) is 1. The molecular formula is C20H18FNO3. The number of halogens is 1. The lowest BCUT2D eigenvalue weighted by atomic mass is 10.1. The molecule has 0 bridgehead atoms. The third kappa shape index (κ3) is 3.45. The number of fused-ring (bicyclic) bond motifs is 1. The zero-order valence-corrected chi connectivity index (χ0v) is 13.9. The van der Waals surface area contributed by atoms with Crippen molar-refractivity contribution in [3.05, 3.63) is 76.5 Å². The maximum atomic E-state index is 13.2. The molecule has 0 aliphatic rings. The van der Waals surface area contributed by atoms with Crippen LogP contribution in [-0.2, 0) is 4.74 Å². The van der Waals surface area contributed by atoms with Crippen LogP contribution in [0.3, 0.4) is 0 Å². The van der Waals surface area contributed by atoms with Gasteiger partial charge in [0.25, 0.3) is 5.56 Å². The summed E-state index contributed by atoms with van der Waals surface area (Å²) in [5, 5.41) is 0.962. The van der Waals surface area contributed by atoms with Crippen molar-refractivity contribution in [1.82, 2.24) is 4.57 Å². The molecule has 0 saturated heterocycles. The fourth-order valence-electron chi connectivity index (χ4n) is 2.63. The number of ether oxygens (including phenoxy) is 1. The number of hydrogen-bond acceptors (Lipinski definition) is 3. The van der Waals surface area contributed by atoms with Crippen LogP contribution in [0.4, 0.5) is 4.39 Å². The van der Waals surface area contributed by atoms with Crippen LogP contribution in [0.5, 0.6) is 0 Å². The lowest BCUT2D eigenvalue weighted by Gasteiger charge is -2.12. The Morgan fingerprint density at radius 3 is 2.44 bits per heavy atom. The first-order valence-corrected chi connectivity index (χ1v) is 8.19. The average Bonchev–Trinajstić information content (AvgIpc) is 2.63. The Morgan fingerprint density at radius 1 is 1.08 bits per heavy atom. The van der Waals surface area contributed by atoms with E-state index in [1.54, 1.807) is 24.3 Å². The van der Waals surface area contributed by atoms with Crippen LogP contribution in [0, 0.1) is 5.82 Å². The summed E-state index contributed by atoms with van der Waals surface area (Å²) in [5.74, 6) is -0.864. The Hall–Kier alpha value is -2.95. The molecule has 1 heterocycles. The molecule has 25 heavy (non-hydrogen) atoms. The first kappa shape index (κ1) is 16.9. The summed E-state index contributed by atoms with van der Waals surface area (Å²) in [6, 6.07) is 12.4. The van der Waals surface area contributed by atoms with Crippen molar-refractivity contribution in [3.63, 3.8) is 0 Å². The second-order valence-corrected chi connectivity index (χ2v) is 5.73. The smallest absolute Gasteiger partial charge is 0.340 e. The summed E-state index contributed by atoms with van der Waals surface area (Å²) in [6.45, 7) is 2.34. The predicted octanol–water partition coefficient (Wildman–Crippen LogP) is 4.09. The molecule has 5 heteroatoms. The lowest BCUT2D eigenvalue weighted by molar-refractivity contribution is 0.0501. The van der Waals surface area contributed by atoms with Gasteiger partial charge >= 0.3 is 5.97 Å². The Labute approximate surface area is 144 Å². The third-order valence-corrected chi connectivity index (χ3v) is 3.98. The van der Waals surface area contributed by atoms with Gasteiger partial charge in [0.2, 0.25) is 0 Å². The van der Waals surface area contributed by atoms with Crippen molar-refractivity contribution >= 4 is 16.7 Å². The van der Waals surface area contributed by atoms with E-state index in [1.165, 1.54) is 35.0 Å². The first-order chi connectivity index (χ1) is 12.1. The van der Waals surface area contributed by atoms with E-state index < -0.39 is 11.8 Å². The highest BCUT2D eigenvalue weighted by Crippen LogP contribution is 2.19. The minimum absolute atomic E-state index is 0.271. The number of carbonyl (C=O) groups is 1. The van der Waals surface area contributed by atoms with Crippen LogP contribution in [0.25, 0.3) is 16.5 Å². The zero-order valence-electron chi connectivity index (χ0n) is 13.9. The Kier molecular flexibility index (Phi) is 4.93. The van der Waals surface area contributed by atoms with Crippen molar-refractivity contribution in [1.29, 1.82) is 0 Å². The number of unbranched alkanes of at least 4 members (excludes halogenated alkanes) is 1. The van der Waals surface area contributed by atoms with Crippen molar-refractivity contribution in [2.24, 2.45) is 0 Å². The topological polar surface area (TPSA) is 48.3 Å². The molecule has 4 nitrogen and oxygen atoms in total. The minimum Gasteiger partial charge on any atom is -0.462 e. The molecule has 0 fully saturated rings. The van der Waals surface area contributed by atoms with E-state index in [1.807, 2.05) is 6.92 Å². The van der Waals surface area contributed by atoms with Gasteiger partial charge in [-0.3, -0.25) is 9.36 Å². The predicted molar refractivity (Wildman–Crippen MR) is 94.7 cm³/mol. The van der Waals surface area contributed by atoms with E-state index in [4.69, 9.17) is 4.74 Å². The highest BCUT2D eigenvalue weighted by Gasteiger charge is 2.16. The van der Waals surface area contributed by atoms with Gasteiger partial charge in [-0.2, -0.15) is 0 Å². The van der Waals surface area contributed by atoms with E-state index in [-0.39, 0.29) is 5.56 Å². The fourth-order valence-corrected chi connectivity index (χ4v) is 2.63. The van der Waals surface area contributed by atoms with Crippen LogP contribution in [0.1, 0.15) is 30.1 Å².